The predicted octanol–water partition coefficient (Wildman–Crippen LogP) is 3.92. The lowest BCUT2D eigenvalue weighted by atomic mass is 10.0. The van der Waals surface area contributed by atoms with Gasteiger partial charge in [-0.25, -0.2) is 0 Å². The molecule has 2 aliphatic rings. The van der Waals surface area contributed by atoms with E-state index in [0.29, 0.717) is 0 Å². The molecule has 0 atom stereocenters. The lowest BCUT2D eigenvalue weighted by molar-refractivity contribution is 0.496. The van der Waals surface area contributed by atoms with E-state index in [4.69, 9.17) is 0 Å². The Labute approximate surface area is 104 Å². The fraction of sp³-hybridized carbons (Fsp3) is 1.00. The first-order valence-electron chi connectivity index (χ1n) is 7.41. The molecule has 2 N–H and O–H groups in total. The molecule has 0 aromatic rings. The Hall–Kier alpha value is -0.0800. The summed E-state index contributed by atoms with van der Waals surface area (Å²) in [6.45, 7) is 11.4. The Bertz CT molecular complexity index is 51.7. The number of nitrogens with one attached hydrogen (secondary N) is 2. The maximum absolute atomic E-state index is 3.17. The van der Waals surface area contributed by atoms with Gasteiger partial charge in [0.2, 0.25) is 0 Å². The quantitative estimate of drug-likeness (QED) is 0.659. The molecule has 0 amide bonds. The van der Waals surface area contributed by atoms with Crippen molar-refractivity contribution in [3.05, 3.63) is 0 Å². The van der Waals surface area contributed by atoms with E-state index < -0.39 is 0 Å². The van der Waals surface area contributed by atoms with E-state index in [-0.39, 0.29) is 0 Å². The highest BCUT2D eigenvalue weighted by atomic mass is 15.1. The van der Waals surface area contributed by atoms with Gasteiger partial charge < -0.3 is 10.6 Å². The van der Waals surface area contributed by atoms with Crippen LogP contribution in [0.2, 0.25) is 0 Å². The van der Waals surface area contributed by atoms with E-state index in [9.17, 15) is 0 Å². The van der Waals surface area contributed by atoms with Gasteiger partial charge in [-0.3, -0.25) is 0 Å². The van der Waals surface area contributed by atoms with Gasteiger partial charge in [0.1, 0.15) is 0 Å². The molecule has 1 aliphatic carbocycles. The fourth-order valence-corrected chi connectivity index (χ4v) is 1.66. The van der Waals surface area contributed by atoms with Crippen LogP contribution in [0, 0.1) is 0 Å². The Morgan fingerprint density at radius 2 is 0.812 bits per heavy atom. The molecule has 1 aliphatic heterocycles. The summed E-state index contributed by atoms with van der Waals surface area (Å²) < 4.78 is 0. The SMILES string of the molecule is C1CCCCC1.C1CNCNC1.CC.CC. The van der Waals surface area contributed by atoms with Crippen LogP contribution in [0.3, 0.4) is 0 Å². The van der Waals surface area contributed by atoms with Crippen LogP contribution in [0.4, 0.5) is 0 Å². The van der Waals surface area contributed by atoms with Crippen molar-refractivity contribution in [3.63, 3.8) is 0 Å². The largest absolute Gasteiger partial charge is 0.304 e. The van der Waals surface area contributed by atoms with Crippen molar-refractivity contribution >= 4 is 0 Å². The first-order valence-corrected chi connectivity index (χ1v) is 7.41. The molecule has 0 radical (unpaired) electrons. The van der Waals surface area contributed by atoms with Gasteiger partial charge in [-0.2, -0.15) is 0 Å². The van der Waals surface area contributed by atoms with Gasteiger partial charge in [0.15, 0.2) is 0 Å². The average molecular weight is 230 g/mol. The van der Waals surface area contributed by atoms with Crippen LogP contribution in [0.25, 0.3) is 0 Å². The van der Waals surface area contributed by atoms with Gasteiger partial charge in [-0.15, -0.1) is 0 Å². The van der Waals surface area contributed by atoms with E-state index in [1.54, 1.807) is 0 Å². The van der Waals surface area contributed by atoms with Crippen LogP contribution in [0.5, 0.6) is 0 Å². The smallest absolute Gasteiger partial charge is 0.0454 e. The van der Waals surface area contributed by atoms with Crippen molar-refractivity contribution in [2.75, 3.05) is 19.8 Å². The summed E-state index contributed by atoms with van der Waals surface area (Å²) in [6.07, 6.45) is 10.3. The molecule has 0 bridgehead atoms. The maximum Gasteiger partial charge on any atom is 0.0454 e. The van der Waals surface area contributed by atoms with Crippen LogP contribution in [-0.2, 0) is 0 Å². The molecule has 1 saturated heterocycles. The lowest BCUT2D eigenvalue weighted by Crippen LogP contribution is -2.37. The van der Waals surface area contributed by atoms with Crippen molar-refractivity contribution in [1.82, 2.24) is 10.6 Å². The topological polar surface area (TPSA) is 24.1 Å². The van der Waals surface area contributed by atoms with Crippen molar-refractivity contribution in [3.8, 4) is 0 Å². The van der Waals surface area contributed by atoms with Crippen LogP contribution in [-0.4, -0.2) is 19.8 Å². The molecule has 0 spiro atoms. The second kappa shape index (κ2) is 20.3. The van der Waals surface area contributed by atoms with Gasteiger partial charge in [0, 0.05) is 6.67 Å². The number of hydrogen-bond donors (Lipinski definition) is 2. The monoisotopic (exact) mass is 230 g/mol. The Morgan fingerprint density at radius 1 is 0.500 bits per heavy atom. The first kappa shape index (κ1) is 18.3. The minimum Gasteiger partial charge on any atom is -0.304 e. The molecule has 2 nitrogen and oxygen atoms in total. The molecular formula is C14H34N2. The zero-order valence-corrected chi connectivity index (χ0v) is 12.1. The summed E-state index contributed by atoms with van der Waals surface area (Å²) in [5.41, 5.74) is 0. The highest BCUT2D eigenvalue weighted by Gasteiger charge is 1.95. The summed E-state index contributed by atoms with van der Waals surface area (Å²) in [7, 11) is 0. The van der Waals surface area contributed by atoms with Gasteiger partial charge >= 0.3 is 0 Å². The molecule has 0 unspecified atom stereocenters. The normalized spacial score (nSPS) is 18.8. The third-order valence-corrected chi connectivity index (χ3v) is 2.46. The van der Waals surface area contributed by atoms with Crippen LogP contribution >= 0.6 is 0 Å². The Morgan fingerprint density at radius 3 is 0.938 bits per heavy atom. The second-order valence-corrected chi connectivity index (χ2v) is 3.65. The standard InChI is InChI=1S/C6H12.C4H10N2.2C2H6/c1-2-4-6-5-3-1;1-2-5-4-6-3-1;2*1-2/h1-6H2;5-6H,1-4H2;2*1-2H3. The molecule has 0 aromatic carbocycles. The van der Waals surface area contributed by atoms with Crippen molar-refractivity contribution in [2.45, 2.75) is 72.6 Å². The van der Waals surface area contributed by atoms with Crippen LogP contribution in [0.1, 0.15) is 72.6 Å². The average Bonchev–Trinajstić information content (AvgIpc) is 2.48. The molecule has 2 rings (SSSR count). The van der Waals surface area contributed by atoms with E-state index in [1.807, 2.05) is 27.7 Å². The van der Waals surface area contributed by atoms with E-state index in [1.165, 1.54) is 58.0 Å². The minimum atomic E-state index is 1.00. The molecule has 2 fully saturated rings. The molecule has 100 valence electrons. The summed E-state index contributed by atoms with van der Waals surface area (Å²) in [5.74, 6) is 0. The number of rotatable bonds is 0. The first-order chi connectivity index (χ1) is 8.00. The van der Waals surface area contributed by atoms with Crippen molar-refractivity contribution in [2.24, 2.45) is 0 Å². The van der Waals surface area contributed by atoms with Crippen LogP contribution in [0.15, 0.2) is 0 Å². The van der Waals surface area contributed by atoms with Gasteiger partial charge in [-0.05, 0) is 19.5 Å². The third kappa shape index (κ3) is 16.4. The summed E-state index contributed by atoms with van der Waals surface area (Å²) in [6, 6.07) is 0. The van der Waals surface area contributed by atoms with E-state index >= 15 is 0 Å². The summed E-state index contributed by atoms with van der Waals surface area (Å²) in [4.78, 5) is 0. The zero-order chi connectivity index (χ0) is 12.5. The van der Waals surface area contributed by atoms with Crippen molar-refractivity contribution < 1.29 is 0 Å². The van der Waals surface area contributed by atoms with E-state index in [2.05, 4.69) is 10.6 Å². The minimum absolute atomic E-state index is 1.00. The van der Waals surface area contributed by atoms with Gasteiger partial charge in [0.05, 0.1) is 0 Å². The molecular weight excluding hydrogens is 196 g/mol. The summed E-state index contributed by atoms with van der Waals surface area (Å²) in [5, 5.41) is 6.35. The second-order valence-electron chi connectivity index (χ2n) is 3.65. The third-order valence-electron chi connectivity index (χ3n) is 2.46. The zero-order valence-electron chi connectivity index (χ0n) is 12.1. The number of hydrogen-bond acceptors (Lipinski definition) is 2. The lowest BCUT2D eigenvalue weighted by Gasteiger charge is -2.11. The summed E-state index contributed by atoms with van der Waals surface area (Å²) >= 11 is 0. The molecule has 1 heterocycles. The Kier molecular flexibility index (Phi) is 23.3. The molecule has 1 saturated carbocycles. The fourth-order valence-electron chi connectivity index (χ4n) is 1.66. The Balaban J connectivity index is 0. The molecule has 0 aromatic heterocycles. The van der Waals surface area contributed by atoms with Gasteiger partial charge in [0.25, 0.3) is 0 Å². The molecule has 2 heteroatoms. The molecule has 16 heavy (non-hydrogen) atoms. The van der Waals surface area contributed by atoms with Gasteiger partial charge in [-0.1, -0.05) is 66.2 Å². The van der Waals surface area contributed by atoms with E-state index in [0.717, 1.165) is 6.67 Å². The van der Waals surface area contributed by atoms with Crippen molar-refractivity contribution in [1.29, 1.82) is 0 Å². The highest BCUT2D eigenvalue weighted by molar-refractivity contribution is 4.54. The predicted molar refractivity (Wildman–Crippen MR) is 75.9 cm³/mol. The maximum atomic E-state index is 3.17. The van der Waals surface area contributed by atoms with Crippen LogP contribution < -0.4 is 10.6 Å². The highest BCUT2D eigenvalue weighted by Crippen LogP contribution is 2.15.